The van der Waals surface area contributed by atoms with Crippen LogP contribution in [-0.4, -0.2) is 193 Å². The number of hydrogen-bond donors (Lipinski definition) is 12. The molecule has 416 valence electrons. The Morgan fingerprint density at radius 1 is 0.528 bits per heavy atom. The van der Waals surface area contributed by atoms with Gasteiger partial charge in [0.1, 0.15) is 73.2 Å². The average Bonchev–Trinajstić information content (AvgIpc) is 3.37. The van der Waals surface area contributed by atoms with Crippen molar-refractivity contribution in [3.05, 3.63) is 60.8 Å². The fourth-order valence-electron chi connectivity index (χ4n) is 8.67. The van der Waals surface area contributed by atoms with Gasteiger partial charge in [0.15, 0.2) is 18.9 Å². The van der Waals surface area contributed by atoms with Crippen LogP contribution in [0, 0.1) is 0 Å². The number of carbonyl (C=O) groups is 1. The summed E-state index contributed by atoms with van der Waals surface area (Å²) >= 11 is 0. The molecule has 3 aliphatic heterocycles. The number of unbranched alkanes of at least 4 members (excludes halogenated alkanes) is 13. The number of amides is 1. The maximum Gasteiger partial charge on any atom is 0.220 e. The molecule has 12 N–H and O–H groups in total. The number of hydrogen-bond acceptors (Lipinski definition) is 18. The molecule has 3 rings (SSSR count). The molecule has 0 aromatic heterocycles. The number of allylic oxidation sites excluding steroid dienone is 9. The lowest BCUT2D eigenvalue weighted by Crippen LogP contribution is -2.66. The molecule has 17 atom stereocenters. The minimum atomic E-state index is -1.98. The summed E-state index contributed by atoms with van der Waals surface area (Å²) in [6, 6.07) is -0.999. The van der Waals surface area contributed by atoms with Crippen LogP contribution >= 0.6 is 0 Å². The minimum Gasteiger partial charge on any atom is -0.394 e. The van der Waals surface area contributed by atoms with Gasteiger partial charge >= 0.3 is 0 Å². The van der Waals surface area contributed by atoms with Gasteiger partial charge < -0.3 is 89.9 Å². The number of nitrogens with one attached hydrogen (secondary N) is 1. The zero-order valence-corrected chi connectivity index (χ0v) is 42.6. The van der Waals surface area contributed by atoms with E-state index >= 15 is 0 Å². The average molecular weight is 1030 g/mol. The van der Waals surface area contributed by atoms with Gasteiger partial charge in [0.25, 0.3) is 0 Å². The first-order valence-electron chi connectivity index (χ1n) is 26.5. The fraction of sp³-hybridized carbons (Fsp3) is 0.792. The summed E-state index contributed by atoms with van der Waals surface area (Å²) in [5, 5.41) is 119. The van der Waals surface area contributed by atoms with Crippen LogP contribution in [0.1, 0.15) is 136 Å². The van der Waals surface area contributed by atoms with Gasteiger partial charge in [0.2, 0.25) is 5.91 Å². The van der Waals surface area contributed by atoms with Crippen molar-refractivity contribution in [2.24, 2.45) is 0 Å². The van der Waals surface area contributed by atoms with Gasteiger partial charge in [-0.05, 0) is 71.1 Å². The second-order valence-corrected chi connectivity index (χ2v) is 19.0. The molecule has 19 heteroatoms. The van der Waals surface area contributed by atoms with E-state index in [4.69, 9.17) is 28.4 Å². The van der Waals surface area contributed by atoms with Gasteiger partial charge in [-0.1, -0.05) is 119 Å². The zero-order valence-electron chi connectivity index (χ0n) is 42.6. The molecular formula is C53H91NO18. The third-order valence-electron chi connectivity index (χ3n) is 13.1. The highest BCUT2D eigenvalue weighted by molar-refractivity contribution is 5.76. The Balaban J connectivity index is 1.53. The van der Waals surface area contributed by atoms with Gasteiger partial charge in [-0.3, -0.25) is 4.79 Å². The molecule has 1 amide bonds. The summed E-state index contributed by atoms with van der Waals surface area (Å²) in [5.41, 5.74) is 0. The van der Waals surface area contributed by atoms with Crippen LogP contribution in [0.2, 0.25) is 0 Å². The fourth-order valence-corrected chi connectivity index (χ4v) is 8.67. The summed E-state index contributed by atoms with van der Waals surface area (Å²) in [5.74, 6) is -0.305. The van der Waals surface area contributed by atoms with Crippen molar-refractivity contribution in [1.29, 1.82) is 0 Å². The van der Waals surface area contributed by atoms with Crippen molar-refractivity contribution >= 4 is 5.91 Å². The molecule has 3 aliphatic rings. The SMILES string of the molecule is C/C=C/CC/C=C/CC/C=C/C(O)C(COC1OC(CO)C(OC2OC(CO)C(OC3OC(CO)C(O)C(O)C3O)C(O)C2O)C(O)C1O)NC(=O)CCCCCCCCC/C=C\C/C=C\CCCCCC. The smallest absolute Gasteiger partial charge is 0.220 e. The first-order valence-corrected chi connectivity index (χ1v) is 26.5. The lowest BCUT2D eigenvalue weighted by atomic mass is 9.96. The standard InChI is InChI=1S/C53H91NO18/c1-3-5-7-9-11-13-14-15-16-17-18-19-20-21-23-25-27-29-31-41(59)54-36(37(58)30-28-26-24-22-12-10-8-6-4-2)35-67-51-47(65)44(62)49(39(33-56)69-51)72-53-48(66)45(63)50(40(34-57)70-53)71-52-46(64)43(61)42(60)38(32-55)68-52/h4,6,12-14,16-17,22,28,30,36-40,42-53,55-58,60-66H,3,5,7-11,15,18-21,23-27,29,31-35H2,1-2H3,(H,54,59)/b6-4+,14-13-,17-16-,22-12+,30-28+. The summed E-state index contributed by atoms with van der Waals surface area (Å²) in [4.78, 5) is 13.2. The van der Waals surface area contributed by atoms with Gasteiger partial charge in [0.05, 0.1) is 38.6 Å². The highest BCUT2D eigenvalue weighted by Gasteiger charge is 2.53. The van der Waals surface area contributed by atoms with Crippen molar-refractivity contribution in [2.75, 3.05) is 26.4 Å². The normalized spacial score (nSPS) is 32.5. The molecule has 0 radical (unpaired) electrons. The summed E-state index contributed by atoms with van der Waals surface area (Å²) in [6.07, 6.45) is 12.5. The van der Waals surface area contributed by atoms with Gasteiger partial charge in [-0.15, -0.1) is 0 Å². The van der Waals surface area contributed by atoms with Crippen molar-refractivity contribution in [1.82, 2.24) is 5.32 Å². The Morgan fingerprint density at radius 3 is 1.54 bits per heavy atom. The van der Waals surface area contributed by atoms with E-state index in [0.717, 1.165) is 77.0 Å². The Labute approximate surface area is 426 Å². The van der Waals surface area contributed by atoms with Crippen LogP contribution < -0.4 is 5.32 Å². The van der Waals surface area contributed by atoms with Gasteiger partial charge in [-0.25, -0.2) is 0 Å². The molecule has 0 aromatic rings. The second-order valence-electron chi connectivity index (χ2n) is 19.0. The molecule has 17 unspecified atom stereocenters. The van der Waals surface area contributed by atoms with Gasteiger partial charge in [-0.2, -0.15) is 0 Å². The predicted octanol–water partition coefficient (Wildman–Crippen LogP) is 2.53. The van der Waals surface area contributed by atoms with E-state index in [1.807, 2.05) is 13.0 Å². The second kappa shape index (κ2) is 37.3. The predicted molar refractivity (Wildman–Crippen MR) is 268 cm³/mol. The van der Waals surface area contributed by atoms with Crippen molar-refractivity contribution in [2.45, 2.75) is 240 Å². The van der Waals surface area contributed by atoms with Crippen molar-refractivity contribution in [3.8, 4) is 0 Å². The molecule has 0 spiro atoms. The summed E-state index contributed by atoms with van der Waals surface area (Å²) in [7, 11) is 0. The number of aliphatic hydroxyl groups is 11. The van der Waals surface area contributed by atoms with Crippen molar-refractivity contribution in [3.63, 3.8) is 0 Å². The van der Waals surface area contributed by atoms with Crippen LogP contribution in [0.25, 0.3) is 0 Å². The lowest BCUT2D eigenvalue weighted by Gasteiger charge is -2.48. The zero-order chi connectivity index (χ0) is 52.7. The maximum absolute atomic E-state index is 13.2. The largest absolute Gasteiger partial charge is 0.394 e. The third-order valence-corrected chi connectivity index (χ3v) is 13.1. The topological polar surface area (TPSA) is 307 Å². The Kier molecular flexibility index (Phi) is 33.0. The quantitative estimate of drug-likeness (QED) is 0.0317. The Bertz CT molecular complexity index is 1560. The Hall–Kier alpha value is -2.51. The highest BCUT2D eigenvalue weighted by atomic mass is 16.8. The molecule has 3 fully saturated rings. The van der Waals surface area contributed by atoms with Crippen LogP contribution in [0.5, 0.6) is 0 Å². The molecule has 0 aliphatic carbocycles. The van der Waals surface area contributed by atoms with E-state index in [1.54, 1.807) is 12.2 Å². The van der Waals surface area contributed by atoms with E-state index in [9.17, 15) is 61.0 Å². The van der Waals surface area contributed by atoms with E-state index in [1.165, 1.54) is 25.7 Å². The number of carbonyl (C=O) groups excluding carboxylic acids is 1. The van der Waals surface area contributed by atoms with E-state index in [-0.39, 0.29) is 18.9 Å². The molecular weight excluding hydrogens is 939 g/mol. The molecule has 3 heterocycles. The highest BCUT2D eigenvalue weighted by Crippen LogP contribution is 2.33. The van der Waals surface area contributed by atoms with E-state index < -0.39 is 124 Å². The molecule has 0 saturated carbocycles. The number of rotatable bonds is 36. The van der Waals surface area contributed by atoms with E-state index in [2.05, 4.69) is 54.8 Å². The molecule has 3 saturated heterocycles. The van der Waals surface area contributed by atoms with Gasteiger partial charge in [0, 0.05) is 6.42 Å². The Morgan fingerprint density at radius 2 is 0.986 bits per heavy atom. The maximum atomic E-state index is 13.2. The van der Waals surface area contributed by atoms with Crippen molar-refractivity contribution < 1.29 is 89.4 Å². The van der Waals surface area contributed by atoms with Crippen LogP contribution in [-0.2, 0) is 33.2 Å². The first-order chi connectivity index (χ1) is 34.8. The van der Waals surface area contributed by atoms with Crippen LogP contribution in [0.4, 0.5) is 0 Å². The molecule has 0 aromatic carbocycles. The third kappa shape index (κ3) is 22.4. The van der Waals surface area contributed by atoms with E-state index in [0.29, 0.717) is 12.8 Å². The molecule has 0 bridgehead atoms. The first kappa shape index (κ1) is 63.8. The minimum absolute atomic E-state index is 0.220. The summed E-state index contributed by atoms with van der Waals surface area (Å²) in [6.45, 7) is 1.38. The number of aliphatic hydroxyl groups excluding tert-OH is 11. The summed E-state index contributed by atoms with van der Waals surface area (Å²) < 4.78 is 34.0. The molecule has 72 heavy (non-hydrogen) atoms. The monoisotopic (exact) mass is 1030 g/mol. The molecule has 19 nitrogen and oxygen atoms in total. The lowest BCUT2D eigenvalue weighted by molar-refractivity contribution is -0.379. The van der Waals surface area contributed by atoms with Crippen LogP contribution in [0.15, 0.2) is 60.8 Å². The van der Waals surface area contributed by atoms with Crippen LogP contribution in [0.3, 0.4) is 0 Å². The number of ether oxygens (including phenoxy) is 6.